The molecule has 1 N–H and O–H groups in total. The van der Waals surface area contributed by atoms with Crippen LogP contribution in [-0.4, -0.2) is 17.0 Å². The molecule has 0 spiro atoms. The molecule has 3 nitrogen and oxygen atoms in total. The Balaban J connectivity index is 2.29. The number of rotatable bonds is 5. The Morgan fingerprint density at radius 2 is 1.60 bits per heavy atom. The first-order chi connectivity index (χ1) is 9.59. The van der Waals surface area contributed by atoms with Gasteiger partial charge >= 0.3 is 0 Å². The lowest BCUT2D eigenvalue weighted by molar-refractivity contribution is 0.0741. The van der Waals surface area contributed by atoms with Crippen LogP contribution < -0.4 is 4.74 Å². The largest absolute Gasteiger partial charge is 0.490 e. The topological polar surface area (TPSA) is 46.5 Å². The van der Waals surface area contributed by atoms with Crippen LogP contribution in [0, 0.1) is 0 Å². The molecule has 0 saturated heterocycles. The first kappa shape index (κ1) is 14.3. The molecule has 1 atom stereocenters. The predicted octanol–water partition coefficient (Wildman–Crippen LogP) is 3.39. The summed E-state index contributed by atoms with van der Waals surface area (Å²) >= 11 is 0. The maximum atomic E-state index is 12.4. The number of carbonyl (C=O) groups excluding carboxylic acids is 1. The van der Waals surface area contributed by atoms with E-state index in [2.05, 4.69) is 0 Å². The van der Waals surface area contributed by atoms with Crippen LogP contribution in [0.3, 0.4) is 0 Å². The molecule has 0 amide bonds. The van der Waals surface area contributed by atoms with E-state index in [1.807, 2.05) is 26.0 Å². The smallest absolute Gasteiger partial charge is 0.199 e. The number of ketones is 1. The average molecular weight is 270 g/mol. The highest BCUT2D eigenvalue weighted by molar-refractivity contribution is 6.02. The highest BCUT2D eigenvalue weighted by Gasteiger charge is 2.22. The number of para-hydroxylation sites is 1. The van der Waals surface area contributed by atoms with Crippen LogP contribution >= 0.6 is 0 Å². The van der Waals surface area contributed by atoms with E-state index >= 15 is 0 Å². The molecule has 0 aliphatic heterocycles. The lowest BCUT2D eigenvalue weighted by Crippen LogP contribution is -2.15. The molecule has 2 aromatic carbocycles. The third-order valence-electron chi connectivity index (χ3n) is 2.88. The monoisotopic (exact) mass is 270 g/mol. The summed E-state index contributed by atoms with van der Waals surface area (Å²) in [5.41, 5.74) is 0.981. The molecule has 3 heteroatoms. The van der Waals surface area contributed by atoms with Crippen molar-refractivity contribution in [2.45, 2.75) is 26.1 Å². The van der Waals surface area contributed by atoms with Crippen LogP contribution in [0.1, 0.15) is 35.9 Å². The molecule has 0 bridgehead atoms. The van der Waals surface area contributed by atoms with Gasteiger partial charge in [-0.2, -0.15) is 0 Å². The van der Waals surface area contributed by atoms with Crippen molar-refractivity contribution >= 4 is 5.78 Å². The van der Waals surface area contributed by atoms with Crippen molar-refractivity contribution in [2.75, 3.05) is 0 Å². The number of benzene rings is 2. The Morgan fingerprint density at radius 1 is 1.00 bits per heavy atom. The van der Waals surface area contributed by atoms with E-state index in [4.69, 9.17) is 4.74 Å². The third kappa shape index (κ3) is 3.25. The number of hydrogen-bond donors (Lipinski definition) is 1. The Morgan fingerprint density at radius 3 is 2.25 bits per heavy atom. The summed E-state index contributed by atoms with van der Waals surface area (Å²) in [5.74, 6) is 0.148. The maximum Gasteiger partial charge on any atom is 0.199 e. The average Bonchev–Trinajstić information content (AvgIpc) is 2.46. The van der Waals surface area contributed by atoms with Crippen molar-refractivity contribution in [3.8, 4) is 5.75 Å². The van der Waals surface area contributed by atoms with Gasteiger partial charge in [-0.3, -0.25) is 4.79 Å². The quantitative estimate of drug-likeness (QED) is 0.847. The molecule has 0 fully saturated rings. The summed E-state index contributed by atoms with van der Waals surface area (Å²) in [7, 11) is 0. The first-order valence-electron chi connectivity index (χ1n) is 6.62. The minimum Gasteiger partial charge on any atom is -0.490 e. The van der Waals surface area contributed by atoms with Crippen LogP contribution in [0.5, 0.6) is 5.75 Å². The van der Waals surface area contributed by atoms with E-state index in [0.717, 1.165) is 0 Å². The summed E-state index contributed by atoms with van der Waals surface area (Å²) < 4.78 is 5.62. The SMILES string of the molecule is CC(C)Oc1ccccc1C(=O)C(O)c1ccccc1. The second-order valence-corrected chi connectivity index (χ2v) is 4.84. The van der Waals surface area contributed by atoms with E-state index in [0.29, 0.717) is 16.9 Å². The van der Waals surface area contributed by atoms with Crippen LogP contribution in [0.4, 0.5) is 0 Å². The number of hydrogen-bond acceptors (Lipinski definition) is 3. The molecular weight excluding hydrogens is 252 g/mol. The van der Waals surface area contributed by atoms with Gasteiger partial charge in [-0.05, 0) is 31.5 Å². The summed E-state index contributed by atoms with van der Waals surface area (Å²) in [4.78, 5) is 12.4. The van der Waals surface area contributed by atoms with Gasteiger partial charge in [0.1, 0.15) is 11.9 Å². The van der Waals surface area contributed by atoms with Crippen molar-refractivity contribution in [3.63, 3.8) is 0 Å². The lowest BCUT2D eigenvalue weighted by atomic mass is 9.99. The van der Waals surface area contributed by atoms with E-state index in [1.165, 1.54) is 0 Å². The molecule has 2 aromatic rings. The Bertz CT molecular complexity index is 576. The van der Waals surface area contributed by atoms with Crippen molar-refractivity contribution in [1.29, 1.82) is 0 Å². The molecule has 2 rings (SSSR count). The second kappa shape index (κ2) is 6.35. The van der Waals surface area contributed by atoms with Crippen molar-refractivity contribution in [2.24, 2.45) is 0 Å². The van der Waals surface area contributed by atoms with Gasteiger partial charge in [-0.25, -0.2) is 0 Å². The highest BCUT2D eigenvalue weighted by atomic mass is 16.5. The van der Waals surface area contributed by atoms with E-state index < -0.39 is 6.10 Å². The zero-order chi connectivity index (χ0) is 14.5. The first-order valence-corrected chi connectivity index (χ1v) is 6.62. The van der Waals surface area contributed by atoms with Crippen molar-refractivity contribution in [1.82, 2.24) is 0 Å². The van der Waals surface area contributed by atoms with E-state index in [1.54, 1.807) is 42.5 Å². The minimum absolute atomic E-state index is 0.0298. The van der Waals surface area contributed by atoms with Gasteiger partial charge in [0.2, 0.25) is 0 Å². The lowest BCUT2D eigenvalue weighted by Gasteiger charge is -2.16. The standard InChI is InChI=1S/C17H18O3/c1-12(2)20-15-11-7-6-10-14(15)17(19)16(18)13-8-4-3-5-9-13/h3-12,16,18H,1-2H3. The van der Waals surface area contributed by atoms with Gasteiger partial charge < -0.3 is 9.84 Å². The molecule has 104 valence electrons. The van der Waals surface area contributed by atoms with Crippen LogP contribution in [0.25, 0.3) is 0 Å². The molecule has 0 aliphatic carbocycles. The predicted molar refractivity (Wildman–Crippen MR) is 77.9 cm³/mol. The molecule has 0 radical (unpaired) electrons. The van der Waals surface area contributed by atoms with Crippen LogP contribution in [0.15, 0.2) is 54.6 Å². The zero-order valence-electron chi connectivity index (χ0n) is 11.6. The summed E-state index contributed by atoms with van der Waals surface area (Å²) in [6.07, 6.45) is -1.20. The minimum atomic E-state index is -1.17. The molecular formula is C17H18O3. The fraction of sp³-hybridized carbons (Fsp3) is 0.235. The summed E-state index contributed by atoms with van der Waals surface area (Å²) in [6, 6.07) is 15.9. The fourth-order valence-electron chi connectivity index (χ4n) is 1.96. The molecule has 0 saturated carbocycles. The molecule has 1 unspecified atom stereocenters. The van der Waals surface area contributed by atoms with Crippen molar-refractivity contribution < 1.29 is 14.6 Å². The fourth-order valence-corrected chi connectivity index (χ4v) is 1.96. The second-order valence-electron chi connectivity index (χ2n) is 4.84. The van der Waals surface area contributed by atoms with Crippen LogP contribution in [-0.2, 0) is 0 Å². The molecule has 20 heavy (non-hydrogen) atoms. The van der Waals surface area contributed by atoms with E-state index in [9.17, 15) is 9.90 Å². The van der Waals surface area contributed by atoms with Crippen molar-refractivity contribution in [3.05, 3.63) is 65.7 Å². The number of ether oxygens (including phenoxy) is 1. The van der Waals surface area contributed by atoms with Crippen LogP contribution in [0.2, 0.25) is 0 Å². The molecule has 0 heterocycles. The number of aliphatic hydroxyl groups excluding tert-OH is 1. The highest BCUT2D eigenvalue weighted by Crippen LogP contribution is 2.25. The van der Waals surface area contributed by atoms with Gasteiger partial charge in [0.05, 0.1) is 11.7 Å². The third-order valence-corrected chi connectivity index (χ3v) is 2.88. The van der Waals surface area contributed by atoms with E-state index in [-0.39, 0.29) is 11.9 Å². The van der Waals surface area contributed by atoms with Gasteiger partial charge in [0, 0.05) is 0 Å². The maximum absolute atomic E-state index is 12.4. The Hall–Kier alpha value is -2.13. The van der Waals surface area contributed by atoms with Gasteiger partial charge in [-0.1, -0.05) is 42.5 Å². The Labute approximate surface area is 118 Å². The summed E-state index contributed by atoms with van der Waals surface area (Å²) in [6.45, 7) is 3.80. The van der Waals surface area contributed by atoms with Gasteiger partial charge in [0.25, 0.3) is 0 Å². The summed E-state index contributed by atoms with van der Waals surface area (Å²) in [5, 5.41) is 10.2. The Kier molecular flexibility index (Phi) is 4.53. The van der Waals surface area contributed by atoms with Gasteiger partial charge in [-0.15, -0.1) is 0 Å². The number of Topliss-reactive ketones (excluding diaryl/α,β-unsaturated/α-hetero) is 1. The van der Waals surface area contributed by atoms with Gasteiger partial charge in [0.15, 0.2) is 5.78 Å². The molecule has 0 aliphatic rings. The number of carbonyl (C=O) groups is 1. The molecule has 0 aromatic heterocycles. The number of aliphatic hydroxyl groups is 1. The zero-order valence-corrected chi connectivity index (χ0v) is 11.6. The normalized spacial score (nSPS) is 12.2.